The number of thioether (sulfide) groups is 1. The molecular weight excluding hydrogens is 296 g/mol. The van der Waals surface area contributed by atoms with Gasteiger partial charge in [-0.2, -0.15) is 0 Å². The quantitative estimate of drug-likeness (QED) is 0.943. The molecule has 4 nitrogen and oxygen atoms in total. The summed E-state index contributed by atoms with van der Waals surface area (Å²) in [6, 6.07) is 14.1. The van der Waals surface area contributed by atoms with Gasteiger partial charge in [-0.25, -0.2) is 0 Å². The topological polar surface area (TPSA) is 49.4 Å². The largest absolute Gasteiger partial charge is 0.348 e. The highest BCUT2D eigenvalue weighted by molar-refractivity contribution is 8.00. The minimum Gasteiger partial charge on any atom is -0.348 e. The Morgan fingerprint density at radius 2 is 2.05 bits per heavy atom. The normalized spacial score (nSPS) is 16.0. The van der Waals surface area contributed by atoms with Crippen LogP contribution in [0.2, 0.25) is 0 Å². The first kappa shape index (κ1) is 14.9. The SMILES string of the molecule is C[C@@H](NC(=O)CN1CSCC1=O)c1cccc2ccccc12. The van der Waals surface area contributed by atoms with Gasteiger partial charge in [0.1, 0.15) is 6.54 Å². The first-order valence-corrected chi connectivity index (χ1v) is 8.43. The molecule has 114 valence electrons. The van der Waals surface area contributed by atoms with Crippen LogP contribution in [0.1, 0.15) is 18.5 Å². The molecule has 1 atom stereocenters. The van der Waals surface area contributed by atoms with Crippen LogP contribution in [0.4, 0.5) is 0 Å². The minimum absolute atomic E-state index is 0.0398. The number of amides is 2. The van der Waals surface area contributed by atoms with Crippen molar-refractivity contribution in [3.63, 3.8) is 0 Å². The van der Waals surface area contributed by atoms with E-state index in [1.807, 2.05) is 31.2 Å². The number of hydrogen-bond donors (Lipinski definition) is 1. The van der Waals surface area contributed by atoms with Gasteiger partial charge < -0.3 is 10.2 Å². The summed E-state index contributed by atoms with van der Waals surface area (Å²) in [6.07, 6.45) is 0. The van der Waals surface area contributed by atoms with E-state index in [1.165, 1.54) is 0 Å². The lowest BCUT2D eigenvalue weighted by atomic mass is 10.00. The van der Waals surface area contributed by atoms with Gasteiger partial charge >= 0.3 is 0 Å². The van der Waals surface area contributed by atoms with Gasteiger partial charge in [0.15, 0.2) is 0 Å². The molecule has 0 unspecified atom stereocenters. The van der Waals surface area contributed by atoms with E-state index in [1.54, 1.807) is 16.7 Å². The summed E-state index contributed by atoms with van der Waals surface area (Å²) in [5, 5.41) is 5.30. The van der Waals surface area contributed by atoms with E-state index in [2.05, 4.69) is 23.5 Å². The molecule has 0 aliphatic carbocycles. The van der Waals surface area contributed by atoms with Crippen LogP contribution in [0.15, 0.2) is 42.5 Å². The van der Waals surface area contributed by atoms with Gasteiger partial charge in [-0.1, -0.05) is 42.5 Å². The van der Waals surface area contributed by atoms with Crippen LogP contribution in [-0.2, 0) is 9.59 Å². The standard InChI is InChI=1S/C17H18N2O2S/c1-12(18-16(20)9-19-11-22-10-17(19)21)14-8-4-6-13-5-2-3-7-15(13)14/h2-8,12H,9-11H2,1H3,(H,18,20)/t12-/m1/s1. The van der Waals surface area contributed by atoms with Crippen molar-refractivity contribution in [3.8, 4) is 0 Å². The average Bonchev–Trinajstić information content (AvgIpc) is 2.91. The summed E-state index contributed by atoms with van der Waals surface area (Å²) < 4.78 is 0. The number of hydrogen-bond acceptors (Lipinski definition) is 3. The molecule has 22 heavy (non-hydrogen) atoms. The molecule has 5 heteroatoms. The molecule has 2 aromatic rings. The van der Waals surface area contributed by atoms with Crippen LogP contribution in [0, 0.1) is 0 Å². The lowest BCUT2D eigenvalue weighted by Crippen LogP contribution is -2.39. The highest BCUT2D eigenvalue weighted by atomic mass is 32.2. The van der Waals surface area contributed by atoms with Gasteiger partial charge in [-0.3, -0.25) is 9.59 Å². The third-order valence-electron chi connectivity index (χ3n) is 3.83. The lowest BCUT2D eigenvalue weighted by molar-refractivity contribution is -0.132. The molecule has 1 heterocycles. The second-order valence-electron chi connectivity index (χ2n) is 5.43. The Kier molecular flexibility index (Phi) is 4.34. The molecular formula is C17H18N2O2S. The Morgan fingerprint density at radius 3 is 2.82 bits per heavy atom. The fraction of sp³-hybridized carbons (Fsp3) is 0.294. The summed E-state index contributed by atoms with van der Waals surface area (Å²) in [7, 11) is 0. The van der Waals surface area contributed by atoms with E-state index in [-0.39, 0.29) is 24.4 Å². The van der Waals surface area contributed by atoms with Gasteiger partial charge in [-0.15, -0.1) is 11.8 Å². The highest BCUT2D eigenvalue weighted by Gasteiger charge is 2.23. The maximum Gasteiger partial charge on any atom is 0.240 e. The van der Waals surface area contributed by atoms with E-state index < -0.39 is 0 Å². The first-order chi connectivity index (χ1) is 10.6. The molecule has 1 aliphatic rings. The number of carbonyl (C=O) groups excluding carboxylic acids is 2. The Morgan fingerprint density at radius 1 is 1.27 bits per heavy atom. The Labute approximate surface area is 133 Å². The maximum absolute atomic E-state index is 12.2. The number of benzene rings is 2. The summed E-state index contributed by atoms with van der Waals surface area (Å²) in [6.45, 7) is 2.11. The third-order valence-corrected chi connectivity index (χ3v) is 4.77. The van der Waals surface area contributed by atoms with E-state index in [0.717, 1.165) is 16.3 Å². The monoisotopic (exact) mass is 314 g/mol. The number of carbonyl (C=O) groups is 2. The number of rotatable bonds is 4. The number of nitrogens with one attached hydrogen (secondary N) is 1. The molecule has 1 N–H and O–H groups in total. The zero-order valence-electron chi connectivity index (χ0n) is 12.4. The lowest BCUT2D eigenvalue weighted by Gasteiger charge is -2.19. The van der Waals surface area contributed by atoms with Crippen LogP contribution in [0.5, 0.6) is 0 Å². The van der Waals surface area contributed by atoms with Crippen LogP contribution in [0.3, 0.4) is 0 Å². The van der Waals surface area contributed by atoms with Crippen molar-refractivity contribution in [1.82, 2.24) is 10.2 Å². The van der Waals surface area contributed by atoms with Gasteiger partial charge in [0.25, 0.3) is 0 Å². The molecule has 1 saturated heterocycles. The van der Waals surface area contributed by atoms with Crippen LogP contribution in [-0.4, -0.2) is 34.9 Å². The second-order valence-corrected chi connectivity index (χ2v) is 6.38. The van der Waals surface area contributed by atoms with Crippen molar-refractivity contribution in [2.45, 2.75) is 13.0 Å². The van der Waals surface area contributed by atoms with E-state index in [9.17, 15) is 9.59 Å². The molecule has 3 rings (SSSR count). The zero-order valence-corrected chi connectivity index (χ0v) is 13.2. The molecule has 0 radical (unpaired) electrons. The predicted octanol–water partition coefficient (Wildman–Crippen LogP) is 2.55. The summed E-state index contributed by atoms with van der Waals surface area (Å²) in [5.74, 6) is 1.01. The Hall–Kier alpha value is -2.01. The highest BCUT2D eigenvalue weighted by Crippen LogP contribution is 2.24. The molecule has 0 saturated carbocycles. The van der Waals surface area contributed by atoms with E-state index in [0.29, 0.717) is 11.6 Å². The summed E-state index contributed by atoms with van der Waals surface area (Å²) >= 11 is 1.55. The van der Waals surface area contributed by atoms with Gasteiger partial charge in [0, 0.05) is 0 Å². The first-order valence-electron chi connectivity index (χ1n) is 7.27. The smallest absolute Gasteiger partial charge is 0.240 e. The van der Waals surface area contributed by atoms with Crippen molar-refractivity contribution < 1.29 is 9.59 Å². The minimum atomic E-state index is -0.115. The molecule has 1 fully saturated rings. The molecule has 0 aromatic heterocycles. The second kappa shape index (κ2) is 6.40. The molecule has 1 aliphatic heterocycles. The third kappa shape index (κ3) is 3.09. The van der Waals surface area contributed by atoms with Crippen molar-refractivity contribution >= 4 is 34.3 Å². The van der Waals surface area contributed by atoms with Crippen LogP contribution < -0.4 is 5.32 Å². The molecule has 2 aromatic carbocycles. The van der Waals surface area contributed by atoms with Crippen molar-refractivity contribution in [2.24, 2.45) is 0 Å². The van der Waals surface area contributed by atoms with Crippen LogP contribution >= 0.6 is 11.8 Å². The van der Waals surface area contributed by atoms with E-state index in [4.69, 9.17) is 0 Å². The van der Waals surface area contributed by atoms with Crippen LogP contribution in [0.25, 0.3) is 10.8 Å². The predicted molar refractivity (Wildman–Crippen MR) is 89.5 cm³/mol. The Balaban J connectivity index is 1.71. The molecule has 0 spiro atoms. The Bertz CT molecular complexity index is 711. The molecule has 0 bridgehead atoms. The van der Waals surface area contributed by atoms with Crippen molar-refractivity contribution in [2.75, 3.05) is 18.2 Å². The van der Waals surface area contributed by atoms with Gasteiger partial charge in [-0.05, 0) is 23.3 Å². The summed E-state index contributed by atoms with van der Waals surface area (Å²) in [5.41, 5.74) is 1.09. The van der Waals surface area contributed by atoms with Crippen molar-refractivity contribution in [3.05, 3.63) is 48.0 Å². The average molecular weight is 314 g/mol. The summed E-state index contributed by atoms with van der Waals surface area (Å²) in [4.78, 5) is 25.3. The zero-order chi connectivity index (χ0) is 15.5. The molecule has 2 amide bonds. The van der Waals surface area contributed by atoms with Crippen molar-refractivity contribution in [1.29, 1.82) is 0 Å². The fourth-order valence-electron chi connectivity index (χ4n) is 2.71. The van der Waals surface area contributed by atoms with Gasteiger partial charge in [0.05, 0.1) is 17.7 Å². The fourth-order valence-corrected chi connectivity index (χ4v) is 3.61. The van der Waals surface area contributed by atoms with E-state index >= 15 is 0 Å². The van der Waals surface area contributed by atoms with Gasteiger partial charge in [0.2, 0.25) is 11.8 Å². The number of fused-ring (bicyclic) bond motifs is 1. The number of nitrogens with zero attached hydrogens (tertiary/aromatic N) is 1. The maximum atomic E-state index is 12.2.